The highest BCUT2D eigenvalue weighted by atomic mass is 16.5. The number of para-hydroxylation sites is 2. The molecule has 27 heavy (non-hydrogen) atoms. The Labute approximate surface area is 160 Å². The van der Waals surface area contributed by atoms with Crippen LogP contribution in [0.5, 0.6) is 23.0 Å². The number of carbonyl (C=O) groups excluding carboxylic acids is 1. The van der Waals surface area contributed by atoms with Gasteiger partial charge in [-0.2, -0.15) is 0 Å². The minimum Gasteiger partial charge on any atom is -0.493 e. The van der Waals surface area contributed by atoms with E-state index in [4.69, 9.17) is 18.9 Å². The van der Waals surface area contributed by atoms with Crippen LogP contribution in [0.3, 0.4) is 0 Å². The van der Waals surface area contributed by atoms with Crippen molar-refractivity contribution in [1.29, 1.82) is 0 Å². The Hall–Kier alpha value is -2.89. The summed E-state index contributed by atoms with van der Waals surface area (Å²) in [5.41, 5.74) is 0.938. The van der Waals surface area contributed by atoms with E-state index in [0.717, 1.165) is 12.0 Å². The Morgan fingerprint density at radius 3 is 2.11 bits per heavy atom. The van der Waals surface area contributed by atoms with Crippen LogP contribution in [0.25, 0.3) is 0 Å². The summed E-state index contributed by atoms with van der Waals surface area (Å²) in [5.74, 6) is 2.18. The number of rotatable bonds is 9. The van der Waals surface area contributed by atoms with Crippen LogP contribution in [0, 0.1) is 0 Å². The minimum absolute atomic E-state index is 0.166. The lowest BCUT2D eigenvalue weighted by Gasteiger charge is -2.22. The van der Waals surface area contributed by atoms with Crippen LogP contribution >= 0.6 is 0 Å². The van der Waals surface area contributed by atoms with E-state index in [0.29, 0.717) is 23.0 Å². The number of ether oxygens (including phenoxy) is 4. The third kappa shape index (κ3) is 5.06. The standard InChI is InChI=1S/C21H27NO5/c1-6-16(15-11-12-18(25-4)20(13-15)26-5)22-21(23)14(2)27-19-10-8-7-9-17(19)24-3/h7-14,16H,6H2,1-5H3,(H,22,23)/t14-,16-/m0/s1. The van der Waals surface area contributed by atoms with Crippen molar-refractivity contribution >= 4 is 5.91 Å². The lowest BCUT2D eigenvalue weighted by atomic mass is 10.0. The largest absolute Gasteiger partial charge is 0.493 e. The van der Waals surface area contributed by atoms with Gasteiger partial charge in [0.25, 0.3) is 5.91 Å². The second kappa shape index (κ2) is 9.71. The SMILES string of the molecule is CC[C@H](NC(=O)[C@H](C)Oc1ccccc1OC)c1ccc(OC)c(OC)c1. The van der Waals surface area contributed by atoms with Crippen LogP contribution in [0.1, 0.15) is 31.9 Å². The maximum atomic E-state index is 12.6. The number of nitrogens with one attached hydrogen (secondary N) is 1. The maximum Gasteiger partial charge on any atom is 0.261 e. The Balaban J connectivity index is 2.10. The summed E-state index contributed by atoms with van der Waals surface area (Å²) in [4.78, 5) is 12.6. The van der Waals surface area contributed by atoms with E-state index in [1.165, 1.54) is 0 Å². The van der Waals surface area contributed by atoms with Gasteiger partial charge in [-0.15, -0.1) is 0 Å². The molecular formula is C21H27NO5. The monoisotopic (exact) mass is 373 g/mol. The lowest BCUT2D eigenvalue weighted by molar-refractivity contribution is -0.128. The van der Waals surface area contributed by atoms with Crippen molar-refractivity contribution in [1.82, 2.24) is 5.32 Å². The third-order valence-corrected chi connectivity index (χ3v) is 4.28. The molecule has 6 nitrogen and oxygen atoms in total. The van der Waals surface area contributed by atoms with Crippen LogP contribution < -0.4 is 24.3 Å². The van der Waals surface area contributed by atoms with Gasteiger partial charge in [-0.3, -0.25) is 4.79 Å². The van der Waals surface area contributed by atoms with Crippen molar-refractivity contribution in [2.45, 2.75) is 32.4 Å². The minimum atomic E-state index is -0.671. The molecule has 0 bridgehead atoms. The van der Waals surface area contributed by atoms with Gasteiger partial charge in [-0.05, 0) is 43.2 Å². The summed E-state index contributed by atoms with van der Waals surface area (Å²) in [6.07, 6.45) is 0.0540. The zero-order valence-electron chi connectivity index (χ0n) is 16.4. The van der Waals surface area contributed by atoms with Crippen molar-refractivity contribution in [3.63, 3.8) is 0 Å². The van der Waals surface area contributed by atoms with Crippen LogP contribution in [0.15, 0.2) is 42.5 Å². The molecule has 1 N–H and O–H groups in total. The van der Waals surface area contributed by atoms with E-state index in [9.17, 15) is 4.79 Å². The van der Waals surface area contributed by atoms with Gasteiger partial charge in [0.05, 0.1) is 27.4 Å². The van der Waals surface area contributed by atoms with Crippen molar-refractivity contribution in [3.8, 4) is 23.0 Å². The van der Waals surface area contributed by atoms with E-state index in [2.05, 4.69) is 5.32 Å². The van der Waals surface area contributed by atoms with Crippen LogP contribution in [0.2, 0.25) is 0 Å². The summed E-state index contributed by atoms with van der Waals surface area (Å²) in [6, 6.07) is 12.7. The highest BCUT2D eigenvalue weighted by Crippen LogP contribution is 2.31. The predicted octanol–water partition coefficient (Wildman–Crippen LogP) is 3.75. The zero-order chi connectivity index (χ0) is 19.8. The van der Waals surface area contributed by atoms with Crippen LogP contribution in [-0.4, -0.2) is 33.3 Å². The maximum absolute atomic E-state index is 12.6. The first-order chi connectivity index (χ1) is 13.0. The molecule has 0 saturated carbocycles. The van der Waals surface area contributed by atoms with Gasteiger partial charge >= 0.3 is 0 Å². The number of hydrogen-bond acceptors (Lipinski definition) is 5. The van der Waals surface area contributed by atoms with Crippen molar-refractivity contribution < 1.29 is 23.7 Å². The Bertz CT molecular complexity index is 762. The summed E-state index contributed by atoms with van der Waals surface area (Å²) in [7, 11) is 4.74. The molecule has 2 atom stereocenters. The Morgan fingerprint density at radius 1 is 0.926 bits per heavy atom. The second-order valence-electron chi connectivity index (χ2n) is 5.99. The molecule has 0 aliphatic heterocycles. The number of hydrogen-bond donors (Lipinski definition) is 1. The molecular weight excluding hydrogens is 346 g/mol. The summed E-state index contributed by atoms with van der Waals surface area (Å²) < 4.78 is 21.7. The second-order valence-corrected chi connectivity index (χ2v) is 5.99. The topological polar surface area (TPSA) is 66.0 Å². The van der Waals surface area contributed by atoms with Crippen molar-refractivity contribution in [2.24, 2.45) is 0 Å². The highest BCUT2D eigenvalue weighted by Gasteiger charge is 2.21. The highest BCUT2D eigenvalue weighted by molar-refractivity contribution is 5.81. The summed E-state index contributed by atoms with van der Waals surface area (Å²) in [6.45, 7) is 3.72. The Kier molecular flexibility index (Phi) is 7.34. The molecule has 0 unspecified atom stereocenters. The normalized spacial score (nSPS) is 12.6. The molecule has 2 rings (SSSR count). The molecule has 146 valence electrons. The predicted molar refractivity (Wildman–Crippen MR) is 104 cm³/mol. The van der Waals surface area contributed by atoms with Gasteiger partial charge in [0.15, 0.2) is 29.1 Å². The Morgan fingerprint density at radius 2 is 1.52 bits per heavy atom. The van der Waals surface area contributed by atoms with Gasteiger partial charge in [0.2, 0.25) is 0 Å². The average Bonchev–Trinajstić information content (AvgIpc) is 2.71. The van der Waals surface area contributed by atoms with E-state index in [1.54, 1.807) is 40.4 Å². The molecule has 2 aromatic carbocycles. The van der Waals surface area contributed by atoms with Gasteiger partial charge in [0.1, 0.15) is 0 Å². The molecule has 0 aromatic heterocycles. The van der Waals surface area contributed by atoms with E-state index in [-0.39, 0.29) is 11.9 Å². The van der Waals surface area contributed by atoms with Crippen molar-refractivity contribution in [2.75, 3.05) is 21.3 Å². The molecule has 0 spiro atoms. The number of carbonyl (C=O) groups is 1. The first-order valence-electron chi connectivity index (χ1n) is 8.86. The molecule has 6 heteroatoms. The quantitative estimate of drug-likeness (QED) is 0.725. The molecule has 1 amide bonds. The molecule has 2 aromatic rings. The molecule has 0 aliphatic carbocycles. The number of benzene rings is 2. The third-order valence-electron chi connectivity index (χ3n) is 4.28. The van der Waals surface area contributed by atoms with Gasteiger partial charge in [0, 0.05) is 0 Å². The fourth-order valence-corrected chi connectivity index (χ4v) is 2.74. The molecule has 0 fully saturated rings. The first-order valence-corrected chi connectivity index (χ1v) is 8.86. The summed E-state index contributed by atoms with van der Waals surface area (Å²) >= 11 is 0. The first kappa shape index (κ1) is 20.4. The average molecular weight is 373 g/mol. The molecule has 0 heterocycles. The fourth-order valence-electron chi connectivity index (χ4n) is 2.74. The van der Waals surface area contributed by atoms with Gasteiger partial charge < -0.3 is 24.3 Å². The van der Waals surface area contributed by atoms with Crippen LogP contribution in [-0.2, 0) is 4.79 Å². The molecule has 0 saturated heterocycles. The number of methoxy groups -OCH3 is 3. The molecule has 0 aliphatic rings. The van der Waals surface area contributed by atoms with Crippen LogP contribution in [0.4, 0.5) is 0 Å². The fraction of sp³-hybridized carbons (Fsp3) is 0.381. The van der Waals surface area contributed by atoms with Crippen molar-refractivity contribution in [3.05, 3.63) is 48.0 Å². The molecule has 0 radical (unpaired) electrons. The summed E-state index contributed by atoms with van der Waals surface area (Å²) in [5, 5.41) is 3.03. The number of amides is 1. The zero-order valence-corrected chi connectivity index (χ0v) is 16.4. The smallest absolute Gasteiger partial charge is 0.261 e. The van der Waals surface area contributed by atoms with Gasteiger partial charge in [-0.25, -0.2) is 0 Å². The van der Waals surface area contributed by atoms with E-state index in [1.807, 2.05) is 37.3 Å². The lowest BCUT2D eigenvalue weighted by Crippen LogP contribution is -2.38. The van der Waals surface area contributed by atoms with Gasteiger partial charge in [-0.1, -0.05) is 25.1 Å². The van der Waals surface area contributed by atoms with E-state index < -0.39 is 6.10 Å². The van der Waals surface area contributed by atoms with E-state index >= 15 is 0 Å².